The van der Waals surface area contributed by atoms with Crippen molar-refractivity contribution in [1.82, 2.24) is 45.6 Å². The summed E-state index contributed by atoms with van der Waals surface area (Å²) in [5.74, 6) is -4.77. The van der Waals surface area contributed by atoms with Crippen molar-refractivity contribution in [3.8, 4) is 11.8 Å². The third-order valence-electron chi connectivity index (χ3n) is 13.5. The molecule has 6 amide bonds. The second kappa shape index (κ2) is 29.5. The van der Waals surface area contributed by atoms with Gasteiger partial charge in [0.15, 0.2) is 6.10 Å². The normalized spacial score (nSPS) is 23.7. The summed E-state index contributed by atoms with van der Waals surface area (Å²) in [6.07, 6.45) is 6.16. The van der Waals surface area contributed by atoms with E-state index in [4.69, 9.17) is 4.74 Å². The van der Waals surface area contributed by atoms with Gasteiger partial charge in [-0.05, 0) is 74.8 Å². The van der Waals surface area contributed by atoms with Crippen LogP contribution in [0.4, 0.5) is 0 Å². The van der Waals surface area contributed by atoms with Crippen LogP contribution in [-0.2, 0) is 44.7 Å². The third kappa shape index (κ3) is 18.4. The fourth-order valence-electron chi connectivity index (χ4n) is 8.85. The first-order valence-corrected chi connectivity index (χ1v) is 25.9. The molecule has 1 aromatic carbocycles. The van der Waals surface area contributed by atoms with E-state index in [1.54, 1.807) is 10.9 Å². The Balaban J connectivity index is 2.29. The number of esters is 1. The first kappa shape index (κ1) is 59.4. The van der Waals surface area contributed by atoms with Crippen molar-refractivity contribution < 1.29 is 38.3 Å². The molecule has 2 aromatic rings. The lowest BCUT2D eigenvalue weighted by molar-refractivity contribution is -0.163. The maximum absolute atomic E-state index is 15.0. The van der Waals surface area contributed by atoms with E-state index in [1.165, 1.54) is 42.8 Å². The first-order valence-electron chi connectivity index (χ1n) is 25.9. The van der Waals surface area contributed by atoms with Crippen LogP contribution < -0.4 is 16.0 Å². The van der Waals surface area contributed by atoms with Crippen LogP contribution in [0, 0.1) is 35.0 Å². The molecule has 0 bridgehead atoms. The minimum Gasteiger partial charge on any atom is -0.451 e. The zero-order chi connectivity index (χ0) is 52.9. The highest BCUT2D eigenvalue weighted by Gasteiger charge is 2.41. The van der Waals surface area contributed by atoms with Gasteiger partial charge in [0, 0.05) is 40.4 Å². The summed E-state index contributed by atoms with van der Waals surface area (Å²) in [5.41, 5.74) is 1.09. The van der Waals surface area contributed by atoms with E-state index in [9.17, 15) is 34.0 Å². The van der Waals surface area contributed by atoms with E-state index < -0.39 is 83.8 Å². The van der Waals surface area contributed by atoms with Crippen molar-refractivity contribution >= 4 is 41.4 Å². The summed E-state index contributed by atoms with van der Waals surface area (Å²) < 4.78 is 7.38. The molecule has 1 saturated heterocycles. The Morgan fingerprint density at radius 2 is 1.17 bits per heavy atom. The Labute approximate surface area is 422 Å². The van der Waals surface area contributed by atoms with Crippen LogP contribution in [0.5, 0.6) is 0 Å². The number of benzene rings is 1. The topological polar surface area (TPSA) is 229 Å². The molecule has 71 heavy (non-hydrogen) atoms. The Morgan fingerprint density at radius 1 is 0.662 bits per heavy atom. The number of cyclic esters (lactones) is 1. The van der Waals surface area contributed by atoms with Gasteiger partial charge in [0.25, 0.3) is 5.91 Å². The quantitative estimate of drug-likeness (QED) is 0.132. The van der Waals surface area contributed by atoms with Gasteiger partial charge >= 0.3 is 5.97 Å². The monoisotopic (exact) mass is 989 g/mol. The van der Waals surface area contributed by atoms with Crippen molar-refractivity contribution in [3.05, 3.63) is 42.2 Å². The van der Waals surface area contributed by atoms with Crippen LogP contribution in [0.3, 0.4) is 0 Å². The number of hydrogen-bond acceptors (Lipinski definition) is 11. The number of carbonyl (C=O) groups excluding carboxylic acids is 7. The molecule has 2 heterocycles. The number of rotatable bonds is 20. The van der Waals surface area contributed by atoms with Crippen LogP contribution in [0.25, 0.3) is 5.69 Å². The van der Waals surface area contributed by atoms with E-state index in [1.807, 2.05) is 77.9 Å². The van der Waals surface area contributed by atoms with E-state index in [-0.39, 0.29) is 68.6 Å². The van der Waals surface area contributed by atoms with Gasteiger partial charge < -0.3 is 35.4 Å². The molecule has 1 aliphatic rings. The van der Waals surface area contributed by atoms with Crippen molar-refractivity contribution in [2.24, 2.45) is 23.7 Å². The number of nitriles is 1. The minimum absolute atomic E-state index is 0.0387. The number of carbonyl (C=O) groups is 7. The highest BCUT2D eigenvalue weighted by Crippen LogP contribution is 2.23. The minimum atomic E-state index is -1.50. The van der Waals surface area contributed by atoms with Gasteiger partial charge in [-0.15, -0.1) is 5.10 Å². The molecule has 0 saturated carbocycles. The number of ether oxygens (including phenoxy) is 1. The van der Waals surface area contributed by atoms with Gasteiger partial charge in [0.05, 0.1) is 23.6 Å². The highest BCUT2D eigenvalue weighted by molar-refractivity contribution is 5.97. The Bertz CT molecular complexity index is 2090. The summed E-state index contributed by atoms with van der Waals surface area (Å²) in [6, 6.07) is 4.19. The summed E-state index contributed by atoms with van der Waals surface area (Å²) in [6.45, 7) is 17.4. The van der Waals surface area contributed by atoms with Gasteiger partial charge in [0.1, 0.15) is 36.3 Å². The van der Waals surface area contributed by atoms with Gasteiger partial charge in [-0.1, -0.05) is 117 Å². The summed E-state index contributed by atoms with van der Waals surface area (Å²) >= 11 is 0. The summed E-state index contributed by atoms with van der Waals surface area (Å²) in [4.78, 5) is 106. The largest absolute Gasteiger partial charge is 0.451 e. The number of para-hydroxylation sites is 1. The number of unbranched alkanes of at least 4 members (excludes halogenated alkanes) is 2. The average Bonchev–Trinajstić information content (AvgIpc) is 3.81. The predicted molar refractivity (Wildman–Crippen MR) is 271 cm³/mol. The van der Waals surface area contributed by atoms with Crippen molar-refractivity contribution in [3.63, 3.8) is 0 Å². The Kier molecular flexibility index (Phi) is 24.7. The van der Waals surface area contributed by atoms with E-state index in [2.05, 4.69) is 40.1 Å². The SMILES string of the molecule is CCCC[C@@H](C)C[C@@H]1NC(=O)[C@@H](CCC#N)OC(=O)[C@H](C)N(C)C(=O)[C@H](C[C@@H](C)CCCC)NC(=O)[C@H](Cc2cn(-c3ccccc3)nn2)N(C)C(=O)[C@H](CC(C)C)NC(=O)[C@H](CCC(C)C)N(C)C1=O. The summed E-state index contributed by atoms with van der Waals surface area (Å²) in [5, 5.41) is 27.0. The number of aromatic nitrogens is 3. The standard InChI is InChI=1S/C53H84N10O8/c1-13-15-21-36(7)30-42-50(67)60(10)38(9)53(70)71-46(25-20-28-54)49(66)57-43(31-37(8)22-16-14-2)52(69)61(11)44(27-26-34(3)4)47(64)55-41(29-35(5)6)51(68)62(12)45(48(65)56-42)32-39-33-63(59-58-39)40-23-18-17-19-24-40/h17-19,23-24,33-38,41-46H,13-16,20-22,25-27,29-32H2,1-12H3,(H,55,64)(H,56,65)(H,57,66)/t36-,37+,38-,41-,42-,43-,44-,45-,46+/m0/s1. The molecular formula is C53H84N10O8. The zero-order valence-electron chi connectivity index (χ0n) is 44.6. The van der Waals surface area contributed by atoms with Gasteiger partial charge in [-0.3, -0.25) is 28.8 Å². The lowest BCUT2D eigenvalue weighted by Gasteiger charge is -2.35. The van der Waals surface area contributed by atoms with Crippen LogP contribution in [0.15, 0.2) is 36.5 Å². The molecule has 3 rings (SSSR count). The molecule has 1 fully saturated rings. The molecule has 0 unspecified atom stereocenters. The second-order valence-corrected chi connectivity index (χ2v) is 20.6. The Hall–Kier alpha value is -5.86. The molecule has 0 radical (unpaired) electrons. The first-order chi connectivity index (χ1) is 33.6. The molecule has 1 aliphatic heterocycles. The molecular weight excluding hydrogens is 905 g/mol. The van der Waals surface area contributed by atoms with Gasteiger partial charge in [-0.25, -0.2) is 9.48 Å². The summed E-state index contributed by atoms with van der Waals surface area (Å²) in [7, 11) is 4.40. The number of amides is 6. The molecule has 18 heteroatoms. The van der Waals surface area contributed by atoms with Crippen LogP contribution in [0.2, 0.25) is 0 Å². The second-order valence-electron chi connectivity index (χ2n) is 20.6. The third-order valence-corrected chi connectivity index (χ3v) is 13.5. The van der Waals surface area contributed by atoms with Gasteiger partial charge in [0.2, 0.25) is 29.5 Å². The van der Waals surface area contributed by atoms with E-state index >= 15 is 4.79 Å². The van der Waals surface area contributed by atoms with Crippen molar-refractivity contribution in [1.29, 1.82) is 5.26 Å². The van der Waals surface area contributed by atoms with E-state index in [0.717, 1.165) is 44.2 Å². The number of nitrogens with one attached hydrogen (secondary N) is 3. The predicted octanol–water partition coefficient (Wildman–Crippen LogP) is 5.91. The molecule has 9 atom stereocenters. The number of nitrogens with zero attached hydrogens (tertiary/aromatic N) is 7. The van der Waals surface area contributed by atoms with Crippen LogP contribution >= 0.6 is 0 Å². The zero-order valence-corrected chi connectivity index (χ0v) is 44.6. The maximum Gasteiger partial charge on any atom is 0.329 e. The average molecular weight is 989 g/mol. The van der Waals surface area contributed by atoms with Crippen LogP contribution in [0.1, 0.15) is 151 Å². The fraction of sp³-hybridized carbons (Fsp3) is 0.698. The van der Waals surface area contributed by atoms with Crippen LogP contribution in [-0.4, -0.2) is 135 Å². The molecule has 1 aromatic heterocycles. The van der Waals surface area contributed by atoms with Crippen molar-refractivity contribution in [2.75, 3.05) is 21.1 Å². The maximum atomic E-state index is 15.0. The molecule has 0 aliphatic carbocycles. The van der Waals surface area contributed by atoms with Crippen molar-refractivity contribution in [2.45, 2.75) is 195 Å². The number of likely N-dealkylation sites (N-methyl/N-ethyl adjacent to an activating group) is 3. The van der Waals surface area contributed by atoms with Gasteiger partial charge in [-0.2, -0.15) is 5.26 Å². The smallest absolute Gasteiger partial charge is 0.329 e. The lowest BCUT2D eigenvalue weighted by atomic mass is 9.94. The fourth-order valence-corrected chi connectivity index (χ4v) is 8.85. The van der Waals surface area contributed by atoms with E-state index in [0.29, 0.717) is 12.1 Å². The molecule has 0 spiro atoms. The molecule has 394 valence electrons. The highest BCUT2D eigenvalue weighted by atomic mass is 16.5. The molecule has 18 nitrogen and oxygen atoms in total. The molecule has 3 N–H and O–H groups in total. The number of hydrogen-bond donors (Lipinski definition) is 3. The lowest BCUT2D eigenvalue weighted by Crippen LogP contribution is -2.60. The Morgan fingerprint density at radius 3 is 1.69 bits per heavy atom.